The summed E-state index contributed by atoms with van der Waals surface area (Å²) < 4.78 is 5.58. The number of hydrogen-bond acceptors (Lipinski definition) is 6. The minimum absolute atomic E-state index is 0.200. The van der Waals surface area contributed by atoms with Gasteiger partial charge in [0.15, 0.2) is 0 Å². The van der Waals surface area contributed by atoms with E-state index in [9.17, 15) is 9.59 Å². The molecule has 6 nitrogen and oxygen atoms in total. The van der Waals surface area contributed by atoms with Crippen LogP contribution >= 0.6 is 11.8 Å². The minimum Gasteiger partial charge on any atom is -0.415 e. The number of aromatic nitrogens is 2. The summed E-state index contributed by atoms with van der Waals surface area (Å²) in [5.41, 5.74) is 0.736. The second kappa shape index (κ2) is 5.81. The maximum Gasteiger partial charge on any atom is 0.276 e. The smallest absolute Gasteiger partial charge is 0.276 e. The van der Waals surface area contributed by atoms with E-state index in [1.165, 1.54) is 16.7 Å². The minimum atomic E-state index is -0.243. The van der Waals surface area contributed by atoms with E-state index in [-0.39, 0.29) is 17.2 Å². The first-order valence-electron chi connectivity index (χ1n) is 7.30. The lowest BCUT2D eigenvalue weighted by Gasteiger charge is -2.12. The molecule has 0 radical (unpaired) electrons. The molecule has 2 amide bonds. The van der Waals surface area contributed by atoms with Gasteiger partial charge in [-0.1, -0.05) is 44.7 Å². The summed E-state index contributed by atoms with van der Waals surface area (Å²) in [5, 5.41) is 8.45. The summed E-state index contributed by atoms with van der Waals surface area (Å²) in [4.78, 5) is 25.7. The van der Waals surface area contributed by atoms with Gasteiger partial charge in [0.25, 0.3) is 17.0 Å². The van der Waals surface area contributed by atoms with Crippen LogP contribution in [-0.2, 0) is 5.41 Å². The van der Waals surface area contributed by atoms with Gasteiger partial charge < -0.3 is 4.42 Å². The van der Waals surface area contributed by atoms with Gasteiger partial charge in [0.2, 0.25) is 5.89 Å². The molecule has 1 aromatic carbocycles. The molecular weight excluding hydrogens is 314 g/mol. The van der Waals surface area contributed by atoms with Crippen LogP contribution in [0.5, 0.6) is 0 Å². The van der Waals surface area contributed by atoms with Crippen LogP contribution in [0.15, 0.2) is 33.9 Å². The van der Waals surface area contributed by atoms with E-state index in [1.807, 2.05) is 20.8 Å². The summed E-state index contributed by atoms with van der Waals surface area (Å²) in [5.74, 6) is 0.594. The normalized spacial score (nSPS) is 14.5. The highest BCUT2D eigenvalue weighted by Gasteiger charge is 2.34. The summed E-state index contributed by atoms with van der Waals surface area (Å²) >= 11 is 1.34. The van der Waals surface area contributed by atoms with E-state index in [0.29, 0.717) is 34.5 Å². The van der Waals surface area contributed by atoms with Crippen LogP contribution in [0.2, 0.25) is 0 Å². The van der Waals surface area contributed by atoms with Crippen molar-refractivity contribution in [2.45, 2.75) is 31.4 Å². The largest absolute Gasteiger partial charge is 0.415 e. The summed E-state index contributed by atoms with van der Waals surface area (Å²) in [6.07, 6.45) is 0. The molecule has 3 rings (SSSR count). The van der Waals surface area contributed by atoms with Crippen LogP contribution in [0.25, 0.3) is 0 Å². The Labute approximate surface area is 138 Å². The topological polar surface area (TPSA) is 76.3 Å². The Hall–Kier alpha value is -2.15. The second-order valence-electron chi connectivity index (χ2n) is 6.28. The van der Waals surface area contributed by atoms with Crippen LogP contribution in [0.3, 0.4) is 0 Å². The fourth-order valence-electron chi connectivity index (χ4n) is 2.24. The molecule has 0 N–H and O–H groups in total. The number of rotatable bonds is 4. The molecule has 0 saturated carbocycles. The number of nitrogens with zero attached hydrogens (tertiary/aromatic N) is 3. The molecule has 0 fully saturated rings. The van der Waals surface area contributed by atoms with Crippen LogP contribution in [0.4, 0.5) is 0 Å². The van der Waals surface area contributed by atoms with Crippen molar-refractivity contribution in [3.63, 3.8) is 0 Å². The second-order valence-corrected chi connectivity index (χ2v) is 7.33. The lowest BCUT2D eigenvalue weighted by molar-refractivity contribution is 0.0664. The molecule has 0 aliphatic carbocycles. The lowest BCUT2D eigenvalue weighted by atomic mass is 9.97. The zero-order chi connectivity index (χ0) is 16.6. The molecule has 1 aliphatic heterocycles. The number of amides is 2. The van der Waals surface area contributed by atoms with Gasteiger partial charge in [-0.25, -0.2) is 0 Å². The predicted molar refractivity (Wildman–Crippen MR) is 85.5 cm³/mol. The molecule has 1 aliphatic rings. The third-order valence-corrected chi connectivity index (χ3v) is 4.27. The highest BCUT2D eigenvalue weighted by Crippen LogP contribution is 2.26. The van der Waals surface area contributed by atoms with Gasteiger partial charge in [0, 0.05) is 17.7 Å². The first-order chi connectivity index (χ1) is 10.9. The number of carbonyl (C=O) groups excluding carboxylic acids is 2. The predicted octanol–water partition coefficient (Wildman–Crippen LogP) is 2.76. The van der Waals surface area contributed by atoms with Gasteiger partial charge in [-0.2, -0.15) is 0 Å². The highest BCUT2D eigenvalue weighted by atomic mass is 32.2. The summed E-state index contributed by atoms with van der Waals surface area (Å²) in [6, 6.07) is 6.87. The molecular formula is C16H17N3O3S. The SMILES string of the molecule is CC(C)(C)c1nnc(SCCN2C(=O)c3ccccc3C2=O)o1. The van der Waals surface area contributed by atoms with Crippen LogP contribution < -0.4 is 0 Å². The average Bonchev–Trinajstić information content (AvgIpc) is 3.07. The Kier molecular flexibility index (Phi) is 3.97. The fourth-order valence-corrected chi connectivity index (χ4v) is 2.92. The van der Waals surface area contributed by atoms with Crippen LogP contribution in [0, 0.1) is 0 Å². The monoisotopic (exact) mass is 331 g/mol. The van der Waals surface area contributed by atoms with E-state index < -0.39 is 0 Å². The highest BCUT2D eigenvalue weighted by molar-refractivity contribution is 7.99. The number of hydrogen-bond donors (Lipinski definition) is 0. The number of carbonyl (C=O) groups is 2. The van der Waals surface area contributed by atoms with Crippen molar-refractivity contribution in [2.24, 2.45) is 0 Å². The zero-order valence-corrected chi connectivity index (χ0v) is 14.0. The maximum absolute atomic E-state index is 12.2. The summed E-state index contributed by atoms with van der Waals surface area (Å²) in [7, 11) is 0. The molecule has 0 atom stereocenters. The Balaban J connectivity index is 1.61. The van der Waals surface area contributed by atoms with Crippen molar-refractivity contribution < 1.29 is 14.0 Å². The van der Waals surface area contributed by atoms with E-state index in [1.54, 1.807) is 24.3 Å². The van der Waals surface area contributed by atoms with E-state index in [0.717, 1.165) is 0 Å². The number of benzene rings is 1. The molecule has 1 aromatic heterocycles. The van der Waals surface area contributed by atoms with E-state index >= 15 is 0 Å². The molecule has 7 heteroatoms. The van der Waals surface area contributed by atoms with Gasteiger partial charge in [-0.05, 0) is 12.1 Å². The van der Waals surface area contributed by atoms with Crippen molar-refractivity contribution in [1.82, 2.24) is 15.1 Å². The van der Waals surface area contributed by atoms with Crippen molar-refractivity contribution in [3.05, 3.63) is 41.3 Å². The van der Waals surface area contributed by atoms with E-state index in [2.05, 4.69) is 10.2 Å². The first-order valence-corrected chi connectivity index (χ1v) is 8.28. The Morgan fingerprint density at radius 2 is 1.70 bits per heavy atom. The Morgan fingerprint density at radius 1 is 1.09 bits per heavy atom. The average molecular weight is 331 g/mol. The number of imide groups is 1. The first kappa shape index (κ1) is 15.7. The third-order valence-electron chi connectivity index (χ3n) is 3.47. The van der Waals surface area contributed by atoms with Crippen molar-refractivity contribution in [1.29, 1.82) is 0 Å². The van der Waals surface area contributed by atoms with Crippen molar-refractivity contribution in [2.75, 3.05) is 12.3 Å². The molecule has 23 heavy (non-hydrogen) atoms. The Morgan fingerprint density at radius 3 is 2.22 bits per heavy atom. The van der Waals surface area contributed by atoms with Gasteiger partial charge >= 0.3 is 0 Å². The van der Waals surface area contributed by atoms with Crippen LogP contribution in [-0.4, -0.2) is 39.2 Å². The quantitative estimate of drug-likeness (QED) is 0.633. The maximum atomic E-state index is 12.2. The van der Waals surface area contributed by atoms with Gasteiger partial charge in [0.05, 0.1) is 11.1 Å². The lowest BCUT2D eigenvalue weighted by Crippen LogP contribution is -2.31. The summed E-state index contributed by atoms with van der Waals surface area (Å²) in [6.45, 7) is 6.29. The number of thioether (sulfide) groups is 1. The fraction of sp³-hybridized carbons (Fsp3) is 0.375. The molecule has 2 aromatic rings. The Bertz CT molecular complexity index is 729. The molecule has 120 valence electrons. The van der Waals surface area contributed by atoms with E-state index in [4.69, 9.17) is 4.42 Å². The molecule has 0 spiro atoms. The molecule has 0 bridgehead atoms. The standard InChI is InChI=1S/C16H17N3O3S/c1-16(2,3)14-17-18-15(22-14)23-9-8-19-12(20)10-6-4-5-7-11(10)13(19)21/h4-7H,8-9H2,1-3H3. The zero-order valence-electron chi connectivity index (χ0n) is 13.2. The molecule has 2 heterocycles. The van der Waals surface area contributed by atoms with Gasteiger partial charge in [0.1, 0.15) is 0 Å². The van der Waals surface area contributed by atoms with Crippen LogP contribution in [0.1, 0.15) is 47.4 Å². The van der Waals surface area contributed by atoms with Gasteiger partial charge in [-0.3, -0.25) is 14.5 Å². The van der Waals surface area contributed by atoms with Crippen molar-refractivity contribution >= 4 is 23.6 Å². The number of fused-ring (bicyclic) bond motifs is 1. The van der Waals surface area contributed by atoms with Crippen molar-refractivity contribution in [3.8, 4) is 0 Å². The third kappa shape index (κ3) is 3.01. The molecule has 0 unspecified atom stereocenters. The molecule has 0 saturated heterocycles. The van der Waals surface area contributed by atoms with Gasteiger partial charge in [-0.15, -0.1) is 10.2 Å².